The van der Waals surface area contributed by atoms with Crippen molar-refractivity contribution in [3.05, 3.63) is 110 Å². The molecule has 14 heteroatoms. The Morgan fingerprint density at radius 2 is 0.912 bits per heavy atom. The number of benzene rings is 1. The first-order chi connectivity index (χ1) is 16.2. The fraction of sp³-hybridized carbons (Fsp3) is 0. The smallest absolute Gasteiger partial charge is 0.268 e. The van der Waals surface area contributed by atoms with Gasteiger partial charge in [-0.25, -0.2) is 19.1 Å². The van der Waals surface area contributed by atoms with Gasteiger partial charge in [-0.15, -0.1) is 0 Å². The van der Waals surface area contributed by atoms with Crippen molar-refractivity contribution in [1.82, 2.24) is 19.1 Å². The lowest BCUT2D eigenvalue weighted by Crippen LogP contribution is -2.25. The predicted molar refractivity (Wildman–Crippen MR) is 116 cm³/mol. The van der Waals surface area contributed by atoms with Crippen LogP contribution in [0.4, 0.5) is 11.4 Å². The highest BCUT2D eigenvalue weighted by molar-refractivity contribution is 5.98. The van der Waals surface area contributed by atoms with E-state index < -0.39 is 32.1 Å². The summed E-state index contributed by atoms with van der Waals surface area (Å²) in [5, 5.41) is 21.0. The van der Waals surface area contributed by atoms with Gasteiger partial charge < -0.3 is 0 Å². The van der Waals surface area contributed by atoms with Crippen molar-refractivity contribution in [2.24, 2.45) is 0 Å². The zero-order valence-corrected chi connectivity index (χ0v) is 16.6. The molecule has 0 amide bonds. The summed E-state index contributed by atoms with van der Waals surface area (Å²) < 4.78 is 1.38. The summed E-state index contributed by atoms with van der Waals surface area (Å²) in [7, 11) is 0. The van der Waals surface area contributed by atoms with Gasteiger partial charge in [-0.2, -0.15) is 0 Å². The molecule has 0 aliphatic carbocycles. The van der Waals surface area contributed by atoms with Crippen molar-refractivity contribution >= 4 is 32.9 Å². The SMILES string of the molecule is O=c1c2cc3c(=O)n(-c4ccc([N+](=O)[O-])cn4)c(=O)c3cc2c(=O)n1-c1ccc([N+](=O)[O-])cn1. The largest absolute Gasteiger partial charge is 0.287 e. The van der Waals surface area contributed by atoms with Gasteiger partial charge in [0.25, 0.3) is 33.6 Å². The van der Waals surface area contributed by atoms with Crippen molar-refractivity contribution in [2.75, 3.05) is 0 Å². The minimum atomic E-state index is -0.823. The third-order valence-electron chi connectivity index (χ3n) is 5.24. The van der Waals surface area contributed by atoms with E-state index in [0.717, 1.165) is 48.8 Å². The van der Waals surface area contributed by atoms with Gasteiger partial charge in [0.2, 0.25) is 0 Å². The molecule has 0 spiro atoms. The van der Waals surface area contributed by atoms with Gasteiger partial charge in [-0.3, -0.25) is 39.4 Å². The van der Waals surface area contributed by atoms with Crippen LogP contribution in [0.2, 0.25) is 0 Å². The fourth-order valence-electron chi connectivity index (χ4n) is 3.63. The monoisotopic (exact) mass is 460 g/mol. The molecule has 4 aromatic heterocycles. The number of nitro groups is 2. The van der Waals surface area contributed by atoms with E-state index in [1.54, 1.807) is 0 Å². The number of hydrogen-bond donors (Lipinski definition) is 0. The molecule has 34 heavy (non-hydrogen) atoms. The first-order valence-electron chi connectivity index (χ1n) is 9.35. The molecule has 0 saturated carbocycles. The molecule has 166 valence electrons. The molecular formula is C20H8N6O8. The average molecular weight is 460 g/mol. The van der Waals surface area contributed by atoms with Crippen molar-refractivity contribution in [2.45, 2.75) is 0 Å². The second kappa shape index (κ2) is 7.06. The second-order valence-electron chi connectivity index (χ2n) is 7.10. The molecule has 0 atom stereocenters. The third-order valence-corrected chi connectivity index (χ3v) is 5.24. The standard InChI is InChI=1S/C20H8N6O8/c27-17-11-5-13-14(20(30)24(19(13)29)16-4-2-10(8-22-16)26(33)34)6-12(11)18(28)23(17)15-3-1-9(7-21-15)25(31)32/h1-8H. The molecule has 0 bridgehead atoms. The summed E-state index contributed by atoms with van der Waals surface area (Å²) in [5.41, 5.74) is -3.97. The second-order valence-corrected chi connectivity index (χ2v) is 7.10. The predicted octanol–water partition coefficient (Wildman–Crippen LogP) is 0.497. The lowest BCUT2D eigenvalue weighted by Gasteiger charge is -1.98. The Labute approximate surface area is 184 Å². The van der Waals surface area contributed by atoms with Gasteiger partial charge in [0.15, 0.2) is 0 Å². The molecule has 0 N–H and O–H groups in total. The normalized spacial score (nSPS) is 11.3. The Morgan fingerprint density at radius 3 is 1.15 bits per heavy atom. The lowest BCUT2D eigenvalue weighted by molar-refractivity contribution is -0.385. The summed E-state index contributed by atoms with van der Waals surface area (Å²) in [6.07, 6.45) is 1.78. The maximum absolute atomic E-state index is 12.9. The van der Waals surface area contributed by atoms with E-state index in [-0.39, 0.29) is 44.6 Å². The summed E-state index contributed by atoms with van der Waals surface area (Å²) in [5.74, 6) is -0.322. The molecule has 5 aromatic rings. The van der Waals surface area contributed by atoms with Crippen LogP contribution in [-0.4, -0.2) is 28.9 Å². The van der Waals surface area contributed by atoms with Crippen molar-refractivity contribution in [1.29, 1.82) is 0 Å². The molecule has 5 rings (SSSR count). The zero-order valence-electron chi connectivity index (χ0n) is 16.6. The highest BCUT2D eigenvalue weighted by Crippen LogP contribution is 2.18. The van der Waals surface area contributed by atoms with Crippen LogP contribution in [0.3, 0.4) is 0 Å². The highest BCUT2D eigenvalue weighted by atomic mass is 16.6. The molecule has 0 aliphatic rings. The molecule has 1 aromatic carbocycles. The third kappa shape index (κ3) is 2.82. The molecule has 14 nitrogen and oxygen atoms in total. The zero-order chi connectivity index (χ0) is 24.3. The Hall–Kier alpha value is -5.40. The summed E-state index contributed by atoms with van der Waals surface area (Å²) in [6, 6.07) is 6.64. The van der Waals surface area contributed by atoms with Crippen LogP contribution in [-0.2, 0) is 0 Å². The maximum Gasteiger partial charge on any atom is 0.287 e. The number of aromatic nitrogens is 4. The van der Waals surface area contributed by atoms with Crippen LogP contribution in [0.5, 0.6) is 0 Å². The molecule has 4 heterocycles. The highest BCUT2D eigenvalue weighted by Gasteiger charge is 2.22. The Morgan fingerprint density at radius 1 is 0.588 bits per heavy atom. The molecule has 0 fully saturated rings. The molecular weight excluding hydrogens is 452 g/mol. The van der Waals surface area contributed by atoms with E-state index in [9.17, 15) is 39.4 Å². The van der Waals surface area contributed by atoms with Crippen LogP contribution < -0.4 is 22.2 Å². The van der Waals surface area contributed by atoms with Crippen LogP contribution in [0, 0.1) is 20.2 Å². The average Bonchev–Trinajstić information content (AvgIpc) is 3.22. The van der Waals surface area contributed by atoms with E-state index in [1.165, 1.54) is 0 Å². The van der Waals surface area contributed by atoms with Crippen molar-refractivity contribution in [3.63, 3.8) is 0 Å². The Balaban J connectivity index is 1.73. The number of rotatable bonds is 4. The van der Waals surface area contributed by atoms with E-state index in [2.05, 4.69) is 9.97 Å². The first-order valence-corrected chi connectivity index (χ1v) is 9.35. The Kier molecular flexibility index (Phi) is 4.26. The van der Waals surface area contributed by atoms with Crippen LogP contribution in [0.15, 0.2) is 68.0 Å². The van der Waals surface area contributed by atoms with Crippen LogP contribution in [0.25, 0.3) is 33.2 Å². The first kappa shape index (κ1) is 20.5. The van der Waals surface area contributed by atoms with E-state index in [4.69, 9.17) is 0 Å². The summed E-state index contributed by atoms with van der Waals surface area (Å²) >= 11 is 0. The van der Waals surface area contributed by atoms with E-state index in [0.29, 0.717) is 9.13 Å². The van der Waals surface area contributed by atoms with E-state index in [1.807, 2.05) is 0 Å². The maximum atomic E-state index is 12.9. The van der Waals surface area contributed by atoms with Gasteiger partial charge in [-0.05, 0) is 24.3 Å². The van der Waals surface area contributed by atoms with Crippen LogP contribution >= 0.6 is 0 Å². The van der Waals surface area contributed by atoms with Gasteiger partial charge in [0.05, 0.1) is 31.4 Å². The molecule has 0 saturated heterocycles. The van der Waals surface area contributed by atoms with Gasteiger partial charge in [0.1, 0.15) is 24.0 Å². The fourth-order valence-corrected chi connectivity index (χ4v) is 3.63. The van der Waals surface area contributed by atoms with Crippen molar-refractivity contribution < 1.29 is 9.85 Å². The quantitative estimate of drug-likeness (QED) is 0.269. The molecule has 0 radical (unpaired) electrons. The minimum Gasteiger partial charge on any atom is -0.268 e. The van der Waals surface area contributed by atoms with Gasteiger partial charge >= 0.3 is 0 Å². The topological polar surface area (TPSA) is 190 Å². The van der Waals surface area contributed by atoms with Crippen LogP contribution in [0.1, 0.15) is 0 Å². The number of fused-ring (bicyclic) bond motifs is 2. The molecule has 0 unspecified atom stereocenters. The number of pyridine rings is 2. The van der Waals surface area contributed by atoms with Gasteiger partial charge in [-0.1, -0.05) is 0 Å². The Bertz CT molecular complexity index is 1660. The molecule has 0 aliphatic heterocycles. The number of nitrogens with zero attached hydrogens (tertiary/aromatic N) is 6. The minimum absolute atomic E-state index is 0.149. The lowest BCUT2D eigenvalue weighted by atomic mass is 10.1. The summed E-state index contributed by atoms with van der Waals surface area (Å²) in [6.45, 7) is 0. The number of hydrogen-bond acceptors (Lipinski definition) is 10. The van der Waals surface area contributed by atoms with Gasteiger partial charge in [0, 0.05) is 12.1 Å². The van der Waals surface area contributed by atoms with E-state index >= 15 is 0 Å². The summed E-state index contributed by atoms with van der Waals surface area (Å²) in [4.78, 5) is 79.5. The van der Waals surface area contributed by atoms with Crippen molar-refractivity contribution in [3.8, 4) is 11.6 Å².